The summed E-state index contributed by atoms with van der Waals surface area (Å²) in [6, 6.07) is 46.2. The van der Waals surface area contributed by atoms with Gasteiger partial charge < -0.3 is 9.73 Å². The van der Waals surface area contributed by atoms with Crippen LogP contribution in [0.2, 0.25) is 0 Å². The Labute approximate surface area is 227 Å². The number of furan rings is 1. The van der Waals surface area contributed by atoms with Crippen LogP contribution in [-0.2, 0) is 0 Å². The van der Waals surface area contributed by atoms with Crippen LogP contribution in [0.3, 0.4) is 0 Å². The molecule has 0 amide bonds. The van der Waals surface area contributed by atoms with Crippen LogP contribution in [0.5, 0.6) is 0 Å². The second-order valence-corrected chi connectivity index (χ2v) is 9.73. The summed E-state index contributed by atoms with van der Waals surface area (Å²) in [5.74, 6) is 0. The predicted octanol–water partition coefficient (Wildman–Crippen LogP) is 9.61. The van der Waals surface area contributed by atoms with Crippen molar-refractivity contribution in [3.63, 3.8) is 0 Å². The number of hydrogen-bond donors (Lipinski definition) is 2. The number of para-hydroxylation sites is 3. The molecule has 0 aliphatic rings. The van der Waals surface area contributed by atoms with Gasteiger partial charge in [0.15, 0.2) is 0 Å². The van der Waals surface area contributed by atoms with E-state index in [4.69, 9.17) is 4.42 Å². The standard InChI is InChI=1S/C35H27N3O/c1-38(37-27-19-18-24-10-2-3-11-25(24)22-27)33-16-8-5-13-29(33)28-12-4-7-15-32(28)36-26-20-21-35-31(23-26)30-14-6-9-17-34(30)39-35/h2-23,36-37H,1H3. The minimum atomic E-state index is 0.891. The maximum atomic E-state index is 6.02. The number of hydrogen-bond acceptors (Lipinski definition) is 4. The second kappa shape index (κ2) is 9.58. The van der Waals surface area contributed by atoms with Crippen LogP contribution in [0.1, 0.15) is 0 Å². The van der Waals surface area contributed by atoms with Crippen LogP contribution in [0, 0.1) is 0 Å². The van der Waals surface area contributed by atoms with Crippen molar-refractivity contribution in [1.82, 2.24) is 0 Å². The molecule has 7 rings (SSSR count). The Hall–Kier alpha value is -5.22. The molecule has 39 heavy (non-hydrogen) atoms. The number of rotatable bonds is 6. The smallest absolute Gasteiger partial charge is 0.135 e. The molecule has 188 valence electrons. The van der Waals surface area contributed by atoms with Crippen LogP contribution in [0.4, 0.5) is 22.7 Å². The van der Waals surface area contributed by atoms with Gasteiger partial charge in [-0.1, -0.05) is 84.9 Å². The molecular weight excluding hydrogens is 478 g/mol. The molecule has 0 saturated heterocycles. The highest BCUT2D eigenvalue weighted by Crippen LogP contribution is 2.38. The Morgan fingerprint density at radius 1 is 0.538 bits per heavy atom. The van der Waals surface area contributed by atoms with Gasteiger partial charge in [0.05, 0.1) is 11.4 Å². The first kappa shape index (κ1) is 22.9. The zero-order valence-electron chi connectivity index (χ0n) is 21.6. The summed E-state index contributed by atoms with van der Waals surface area (Å²) in [6.45, 7) is 0. The molecule has 0 radical (unpaired) electrons. The lowest BCUT2D eigenvalue weighted by Gasteiger charge is -2.25. The van der Waals surface area contributed by atoms with Gasteiger partial charge in [-0.05, 0) is 59.3 Å². The summed E-state index contributed by atoms with van der Waals surface area (Å²) in [4.78, 5) is 0. The monoisotopic (exact) mass is 505 g/mol. The Bertz CT molecular complexity index is 1960. The lowest BCUT2D eigenvalue weighted by molar-refractivity contribution is 0.669. The quantitative estimate of drug-likeness (QED) is 0.221. The molecule has 0 fully saturated rings. The zero-order valence-corrected chi connectivity index (χ0v) is 21.6. The van der Waals surface area contributed by atoms with Gasteiger partial charge >= 0.3 is 0 Å². The maximum absolute atomic E-state index is 6.02. The van der Waals surface area contributed by atoms with Crippen molar-refractivity contribution in [3.8, 4) is 11.1 Å². The molecule has 2 N–H and O–H groups in total. The molecule has 0 aliphatic heterocycles. The maximum Gasteiger partial charge on any atom is 0.135 e. The van der Waals surface area contributed by atoms with Crippen molar-refractivity contribution >= 4 is 55.5 Å². The molecule has 0 saturated carbocycles. The van der Waals surface area contributed by atoms with Crippen LogP contribution >= 0.6 is 0 Å². The van der Waals surface area contributed by atoms with Crippen molar-refractivity contribution in [1.29, 1.82) is 0 Å². The average Bonchev–Trinajstić information content (AvgIpc) is 3.35. The lowest BCUT2D eigenvalue weighted by Crippen LogP contribution is -2.25. The van der Waals surface area contributed by atoms with Gasteiger partial charge in [-0.25, -0.2) is 0 Å². The van der Waals surface area contributed by atoms with E-state index in [1.165, 1.54) is 10.8 Å². The van der Waals surface area contributed by atoms with Crippen molar-refractivity contribution in [2.24, 2.45) is 0 Å². The number of nitrogens with zero attached hydrogens (tertiary/aromatic N) is 1. The second-order valence-electron chi connectivity index (χ2n) is 9.73. The molecular formula is C35H27N3O. The minimum absolute atomic E-state index is 0.891. The molecule has 0 atom stereocenters. The van der Waals surface area contributed by atoms with Crippen molar-refractivity contribution in [3.05, 3.63) is 133 Å². The third-order valence-electron chi connectivity index (χ3n) is 7.18. The number of nitrogens with one attached hydrogen (secondary N) is 2. The van der Waals surface area contributed by atoms with Gasteiger partial charge in [0.2, 0.25) is 0 Å². The first-order valence-corrected chi connectivity index (χ1v) is 13.1. The summed E-state index contributed by atoms with van der Waals surface area (Å²) in [5.41, 5.74) is 11.8. The summed E-state index contributed by atoms with van der Waals surface area (Å²) >= 11 is 0. The SMILES string of the molecule is CN(Nc1ccc2ccccc2c1)c1ccccc1-c1ccccc1Nc1ccc2oc3ccccc3c2c1. The summed E-state index contributed by atoms with van der Waals surface area (Å²) in [5, 5.41) is 10.4. The van der Waals surface area contributed by atoms with Gasteiger partial charge in [0.25, 0.3) is 0 Å². The molecule has 0 spiro atoms. The molecule has 1 aromatic heterocycles. The number of anilines is 4. The fourth-order valence-electron chi connectivity index (χ4n) is 5.29. The van der Waals surface area contributed by atoms with E-state index < -0.39 is 0 Å². The van der Waals surface area contributed by atoms with E-state index in [0.717, 1.165) is 55.8 Å². The van der Waals surface area contributed by atoms with Gasteiger partial charge in [-0.15, -0.1) is 0 Å². The van der Waals surface area contributed by atoms with E-state index in [0.29, 0.717) is 0 Å². The van der Waals surface area contributed by atoms with Gasteiger partial charge in [0, 0.05) is 40.3 Å². The fraction of sp³-hybridized carbons (Fsp3) is 0.0286. The molecule has 0 unspecified atom stereocenters. The Kier molecular flexibility index (Phi) is 5.64. The fourth-order valence-corrected chi connectivity index (χ4v) is 5.29. The molecule has 4 heteroatoms. The van der Waals surface area contributed by atoms with E-state index in [1.54, 1.807) is 0 Å². The van der Waals surface area contributed by atoms with Gasteiger partial charge in [0.1, 0.15) is 11.2 Å². The number of hydrazine groups is 1. The normalized spacial score (nSPS) is 11.2. The Balaban J connectivity index is 1.22. The topological polar surface area (TPSA) is 40.4 Å². The van der Waals surface area contributed by atoms with E-state index in [9.17, 15) is 0 Å². The van der Waals surface area contributed by atoms with Gasteiger partial charge in [-0.3, -0.25) is 10.4 Å². The third-order valence-corrected chi connectivity index (χ3v) is 7.18. The average molecular weight is 506 g/mol. The summed E-state index contributed by atoms with van der Waals surface area (Å²) in [7, 11) is 2.06. The molecule has 6 aromatic carbocycles. The van der Waals surface area contributed by atoms with Crippen LogP contribution in [0.15, 0.2) is 138 Å². The highest BCUT2D eigenvalue weighted by molar-refractivity contribution is 6.06. The van der Waals surface area contributed by atoms with Crippen LogP contribution in [0.25, 0.3) is 43.8 Å². The van der Waals surface area contributed by atoms with Crippen LogP contribution in [-0.4, -0.2) is 7.05 Å². The highest BCUT2D eigenvalue weighted by Gasteiger charge is 2.14. The van der Waals surface area contributed by atoms with Crippen molar-refractivity contribution in [2.75, 3.05) is 22.8 Å². The molecule has 1 heterocycles. The zero-order chi connectivity index (χ0) is 26.2. The Morgan fingerprint density at radius 2 is 1.23 bits per heavy atom. The first-order chi connectivity index (χ1) is 19.2. The van der Waals surface area contributed by atoms with E-state index >= 15 is 0 Å². The number of fused-ring (bicyclic) bond motifs is 4. The van der Waals surface area contributed by atoms with Crippen molar-refractivity contribution in [2.45, 2.75) is 0 Å². The third kappa shape index (κ3) is 4.32. The predicted molar refractivity (Wildman–Crippen MR) is 165 cm³/mol. The first-order valence-electron chi connectivity index (χ1n) is 13.1. The van der Waals surface area contributed by atoms with Gasteiger partial charge in [-0.2, -0.15) is 0 Å². The highest BCUT2D eigenvalue weighted by atomic mass is 16.3. The van der Waals surface area contributed by atoms with E-state index in [1.807, 2.05) is 24.3 Å². The molecule has 7 aromatic rings. The lowest BCUT2D eigenvalue weighted by atomic mass is 10.0. The van der Waals surface area contributed by atoms with E-state index in [2.05, 4.69) is 132 Å². The minimum Gasteiger partial charge on any atom is -0.456 e. The molecule has 4 nitrogen and oxygen atoms in total. The van der Waals surface area contributed by atoms with E-state index in [-0.39, 0.29) is 0 Å². The summed E-state index contributed by atoms with van der Waals surface area (Å²) < 4.78 is 6.02. The number of benzene rings is 6. The van der Waals surface area contributed by atoms with Crippen molar-refractivity contribution < 1.29 is 4.42 Å². The van der Waals surface area contributed by atoms with Crippen LogP contribution < -0.4 is 15.8 Å². The summed E-state index contributed by atoms with van der Waals surface area (Å²) in [6.07, 6.45) is 0. The Morgan fingerprint density at radius 3 is 2.15 bits per heavy atom. The molecule has 0 bridgehead atoms. The largest absolute Gasteiger partial charge is 0.456 e. The molecule has 0 aliphatic carbocycles.